The van der Waals surface area contributed by atoms with E-state index in [4.69, 9.17) is 0 Å². The van der Waals surface area contributed by atoms with Gasteiger partial charge < -0.3 is 19.4 Å². The van der Waals surface area contributed by atoms with E-state index in [1.807, 2.05) is 0 Å². The van der Waals surface area contributed by atoms with Crippen LogP contribution < -0.4 is 0 Å². The van der Waals surface area contributed by atoms with Crippen molar-refractivity contribution in [1.29, 1.82) is 0 Å². The van der Waals surface area contributed by atoms with E-state index >= 15 is 0 Å². The van der Waals surface area contributed by atoms with Gasteiger partial charge in [-0.25, -0.2) is 4.70 Å². The second kappa shape index (κ2) is 35.4. The van der Waals surface area contributed by atoms with E-state index in [1.165, 1.54) is 138 Å². The van der Waals surface area contributed by atoms with Crippen LogP contribution in [0.1, 0.15) is 205 Å². The summed E-state index contributed by atoms with van der Waals surface area (Å²) in [6, 6.07) is 17.3. The van der Waals surface area contributed by atoms with Crippen LogP contribution in [0.3, 0.4) is 0 Å². The van der Waals surface area contributed by atoms with Crippen molar-refractivity contribution in [2.24, 2.45) is 0 Å². The van der Waals surface area contributed by atoms with Gasteiger partial charge in [0.2, 0.25) is 11.4 Å². The van der Waals surface area contributed by atoms with Crippen LogP contribution in [-0.2, 0) is 33.3 Å². The zero-order valence-corrected chi connectivity index (χ0v) is 36.6. The summed E-state index contributed by atoms with van der Waals surface area (Å²) in [6.07, 6.45) is 33.5. The number of benzene rings is 2. The summed E-state index contributed by atoms with van der Waals surface area (Å²) in [4.78, 5) is 0. The fourth-order valence-corrected chi connectivity index (χ4v) is 6.22. The van der Waals surface area contributed by atoms with Gasteiger partial charge in [-0.2, -0.15) is 12.8 Å². The Hall–Kier alpha value is -2.26. The van der Waals surface area contributed by atoms with Gasteiger partial charge in [-0.3, -0.25) is 0 Å². The first-order valence-corrected chi connectivity index (χ1v) is 21.7. The second-order valence-corrected chi connectivity index (χ2v) is 14.6. The Bertz CT molecular complexity index is 1270. The Labute approximate surface area is 343 Å². The number of allylic oxidation sites excluding steroid dienone is 2. The standard InChI is InChI=1S/C36H48N2.2C7H15.Pd/c1-4-7-10-11-12-13-14-15-16-17-20-34-29-35(32-25-21-30(22-26-32)18-8-5-2)38(37)36(34)33-27-23-31(24-28-33)19-9-6-3;2*1-3-5-7-6-4-2;/h21-29H,4-16,18-19H2,1-3H3;2*1,3-7H2,2H3;/q;2*-1;+2. The summed E-state index contributed by atoms with van der Waals surface area (Å²) in [7, 11) is 0. The average molecular weight is 814 g/mol. The molecule has 298 valence electrons. The van der Waals surface area contributed by atoms with Crippen molar-refractivity contribution in [2.45, 2.75) is 195 Å². The van der Waals surface area contributed by atoms with Crippen LogP contribution in [0.15, 0.2) is 60.2 Å². The van der Waals surface area contributed by atoms with E-state index in [9.17, 15) is 5.53 Å². The maximum absolute atomic E-state index is 11.3. The fourth-order valence-electron chi connectivity index (χ4n) is 6.22. The number of aryl methyl sites for hydroxylation is 2. The average Bonchev–Trinajstić information content (AvgIpc) is 3.50. The summed E-state index contributed by atoms with van der Waals surface area (Å²) >= 11 is 0. The van der Waals surface area contributed by atoms with Gasteiger partial charge in [-0.15, -0.1) is 0 Å². The summed E-state index contributed by atoms with van der Waals surface area (Å²) in [5.74, 6) is 6.83. The van der Waals surface area contributed by atoms with Crippen LogP contribution in [0.2, 0.25) is 0 Å². The Morgan fingerprint density at radius 2 is 0.906 bits per heavy atom. The molecule has 0 saturated heterocycles. The molecule has 0 atom stereocenters. The number of rotatable bonds is 24. The van der Waals surface area contributed by atoms with E-state index < -0.39 is 0 Å². The van der Waals surface area contributed by atoms with Crippen LogP contribution in [0.4, 0.5) is 0 Å². The molecule has 0 N–H and O–H groups in total. The summed E-state index contributed by atoms with van der Waals surface area (Å²) in [5, 5.41) is 0. The molecule has 0 amide bonds. The summed E-state index contributed by atoms with van der Waals surface area (Å²) in [5.41, 5.74) is 18.6. The SMILES string of the molecule is CCCCCCCCCCC#CC1=C(c2ccc(CCCC)cc2)[N+](=[N-])C(c2ccc(CCCC)cc2)=C1.[CH2-]CCCCCC.[CH2-]CCCCCC.[Pd+2]. The normalized spacial score (nSPS) is 11.8. The summed E-state index contributed by atoms with van der Waals surface area (Å²) in [6.45, 7) is 18.7. The van der Waals surface area contributed by atoms with Crippen LogP contribution in [0, 0.1) is 25.7 Å². The van der Waals surface area contributed by atoms with Crippen molar-refractivity contribution in [3.8, 4) is 11.8 Å². The molecule has 0 spiro atoms. The first-order valence-electron chi connectivity index (χ1n) is 21.7. The van der Waals surface area contributed by atoms with Gasteiger partial charge in [0, 0.05) is 23.6 Å². The van der Waals surface area contributed by atoms with Gasteiger partial charge in [-0.05, 0) is 67.5 Å². The molecule has 0 saturated carbocycles. The first-order chi connectivity index (χ1) is 25.5. The monoisotopic (exact) mass is 813 g/mol. The van der Waals surface area contributed by atoms with Gasteiger partial charge in [-0.1, -0.05) is 180 Å². The largest absolute Gasteiger partial charge is 2.00 e. The van der Waals surface area contributed by atoms with Crippen molar-refractivity contribution >= 4 is 11.4 Å². The van der Waals surface area contributed by atoms with Crippen LogP contribution in [-0.4, -0.2) is 4.70 Å². The minimum Gasteiger partial charge on any atom is -0.493 e. The van der Waals surface area contributed by atoms with Gasteiger partial charge in [0.15, 0.2) is 0 Å². The number of hydrogen-bond donors (Lipinski definition) is 0. The smallest absolute Gasteiger partial charge is 0.493 e. The number of hydrogen-bond acceptors (Lipinski definition) is 0. The topological polar surface area (TPSA) is 25.3 Å². The molecule has 1 aliphatic rings. The van der Waals surface area contributed by atoms with E-state index in [2.05, 4.69) is 115 Å². The predicted octanol–water partition coefficient (Wildman–Crippen LogP) is 16.3. The van der Waals surface area contributed by atoms with Crippen molar-refractivity contribution < 1.29 is 25.1 Å². The molecule has 2 aromatic rings. The molecule has 0 unspecified atom stereocenters. The van der Waals surface area contributed by atoms with E-state index in [0.717, 1.165) is 66.6 Å². The molecule has 3 heteroatoms. The van der Waals surface area contributed by atoms with E-state index in [-0.39, 0.29) is 20.4 Å². The molecule has 2 nitrogen and oxygen atoms in total. The van der Waals surface area contributed by atoms with Crippen LogP contribution >= 0.6 is 0 Å². The number of nitrogens with zero attached hydrogens (tertiary/aromatic N) is 2. The van der Waals surface area contributed by atoms with Crippen molar-refractivity contribution in [1.82, 2.24) is 0 Å². The third kappa shape index (κ3) is 23.3. The molecule has 3 rings (SSSR count). The Balaban J connectivity index is 0.00000152. The molecule has 2 aromatic carbocycles. The molecule has 0 radical (unpaired) electrons. The zero-order chi connectivity index (χ0) is 38.1. The third-order valence-electron chi connectivity index (χ3n) is 9.68. The third-order valence-corrected chi connectivity index (χ3v) is 9.68. The Kier molecular flexibility index (Phi) is 33.9. The molecule has 0 bridgehead atoms. The molecule has 0 aliphatic carbocycles. The minimum atomic E-state index is 0. The quantitative estimate of drug-likeness (QED) is 0.0332. The van der Waals surface area contributed by atoms with Crippen molar-refractivity contribution in [3.05, 3.63) is 102 Å². The molecule has 1 aliphatic heterocycles. The first kappa shape index (κ1) is 50.7. The summed E-state index contributed by atoms with van der Waals surface area (Å²) < 4.78 is 1.35. The van der Waals surface area contributed by atoms with Crippen molar-refractivity contribution in [2.75, 3.05) is 0 Å². The number of unbranched alkanes of at least 4 members (excludes halogenated alkanes) is 18. The molecular weight excluding hydrogens is 735 g/mol. The molecular formula is C50H78N2Pd. The zero-order valence-electron chi connectivity index (χ0n) is 35.0. The van der Waals surface area contributed by atoms with Gasteiger partial charge >= 0.3 is 20.4 Å². The maximum atomic E-state index is 11.3. The maximum Gasteiger partial charge on any atom is 2.00 e. The molecule has 53 heavy (non-hydrogen) atoms. The molecule has 0 aromatic heterocycles. The van der Waals surface area contributed by atoms with Crippen LogP contribution in [0.5, 0.6) is 0 Å². The van der Waals surface area contributed by atoms with Crippen molar-refractivity contribution in [3.63, 3.8) is 0 Å². The second-order valence-electron chi connectivity index (χ2n) is 14.6. The van der Waals surface area contributed by atoms with E-state index in [0.29, 0.717) is 0 Å². The predicted molar refractivity (Wildman–Crippen MR) is 232 cm³/mol. The van der Waals surface area contributed by atoms with Gasteiger partial charge in [0.05, 0.1) is 0 Å². The Morgan fingerprint density at radius 3 is 1.34 bits per heavy atom. The van der Waals surface area contributed by atoms with Crippen LogP contribution in [0.25, 0.3) is 16.9 Å². The van der Waals surface area contributed by atoms with Gasteiger partial charge in [0.1, 0.15) is 5.57 Å². The fraction of sp³-hybridized carbons (Fsp3) is 0.600. The Morgan fingerprint density at radius 1 is 0.509 bits per heavy atom. The van der Waals surface area contributed by atoms with Gasteiger partial charge in [0.25, 0.3) is 0 Å². The minimum absolute atomic E-state index is 0. The molecule has 1 heterocycles. The van der Waals surface area contributed by atoms with E-state index in [1.54, 1.807) is 0 Å². The molecule has 0 fully saturated rings.